The second-order valence-electron chi connectivity index (χ2n) is 4.06. The van der Waals surface area contributed by atoms with Gasteiger partial charge < -0.3 is 5.73 Å². The van der Waals surface area contributed by atoms with Gasteiger partial charge in [-0.15, -0.1) is 0 Å². The normalized spacial score (nSPS) is 11.9. The Balaban J connectivity index is 1.98. The van der Waals surface area contributed by atoms with E-state index in [1.807, 2.05) is 19.3 Å². The lowest BCUT2D eigenvalue weighted by Gasteiger charge is -2.05. The van der Waals surface area contributed by atoms with Crippen LogP contribution in [0.2, 0.25) is 0 Å². The van der Waals surface area contributed by atoms with Crippen molar-refractivity contribution in [2.45, 2.75) is 18.0 Å². The molecule has 0 fully saturated rings. The predicted molar refractivity (Wildman–Crippen MR) is 68.6 cm³/mol. The van der Waals surface area contributed by atoms with Crippen LogP contribution in [0.1, 0.15) is 11.3 Å². The van der Waals surface area contributed by atoms with Crippen molar-refractivity contribution in [2.75, 3.05) is 6.54 Å². The highest BCUT2D eigenvalue weighted by Gasteiger charge is 2.19. The molecule has 8 nitrogen and oxygen atoms in total. The number of nitrogens with two attached hydrogens (primary N) is 1. The van der Waals surface area contributed by atoms with Crippen molar-refractivity contribution in [3.05, 3.63) is 29.7 Å². The van der Waals surface area contributed by atoms with Gasteiger partial charge in [-0.1, -0.05) is 0 Å². The summed E-state index contributed by atoms with van der Waals surface area (Å²) in [6, 6.07) is 1.84. The third-order valence-electron chi connectivity index (χ3n) is 2.61. The number of sulfonamides is 1. The Labute approximate surface area is 111 Å². The molecule has 0 aliphatic carbocycles. The van der Waals surface area contributed by atoms with E-state index in [2.05, 4.69) is 20.0 Å². The molecule has 0 aromatic carbocycles. The van der Waals surface area contributed by atoms with Crippen LogP contribution in [0.5, 0.6) is 0 Å². The minimum atomic E-state index is -3.61. The highest BCUT2D eigenvalue weighted by Crippen LogP contribution is 2.10. The number of aromatic amines is 1. The first-order chi connectivity index (χ1) is 9.03. The van der Waals surface area contributed by atoms with E-state index in [1.54, 1.807) is 4.68 Å². The summed E-state index contributed by atoms with van der Waals surface area (Å²) in [6.45, 7) is 0.384. The molecule has 0 unspecified atom stereocenters. The van der Waals surface area contributed by atoms with E-state index >= 15 is 0 Å². The largest absolute Gasteiger partial charge is 0.326 e. The summed E-state index contributed by atoms with van der Waals surface area (Å²) in [6.07, 6.45) is 3.74. The molecule has 104 valence electrons. The molecule has 0 bridgehead atoms. The molecule has 2 heterocycles. The lowest BCUT2D eigenvalue weighted by molar-refractivity contribution is 0.575. The van der Waals surface area contributed by atoms with Crippen molar-refractivity contribution in [1.29, 1.82) is 0 Å². The van der Waals surface area contributed by atoms with Crippen LogP contribution in [0.15, 0.2) is 23.5 Å². The number of aryl methyl sites for hydroxylation is 1. The van der Waals surface area contributed by atoms with Crippen LogP contribution in [-0.2, 0) is 30.0 Å². The first-order valence-electron chi connectivity index (χ1n) is 5.73. The Hall–Kier alpha value is -1.71. The van der Waals surface area contributed by atoms with Crippen LogP contribution in [0.4, 0.5) is 0 Å². The smallest absolute Gasteiger partial charge is 0.257 e. The Kier molecular flexibility index (Phi) is 3.98. The number of hydrogen-bond donors (Lipinski definition) is 3. The Morgan fingerprint density at radius 3 is 2.95 bits per heavy atom. The van der Waals surface area contributed by atoms with Gasteiger partial charge in [0.1, 0.15) is 0 Å². The van der Waals surface area contributed by atoms with Crippen LogP contribution in [0, 0.1) is 0 Å². The summed E-state index contributed by atoms with van der Waals surface area (Å²) in [4.78, 5) is 0. The van der Waals surface area contributed by atoms with Crippen molar-refractivity contribution in [1.82, 2.24) is 24.7 Å². The average molecular weight is 284 g/mol. The van der Waals surface area contributed by atoms with Crippen LogP contribution >= 0.6 is 0 Å². The molecule has 2 rings (SSSR count). The van der Waals surface area contributed by atoms with Gasteiger partial charge in [0.05, 0.1) is 11.9 Å². The monoisotopic (exact) mass is 284 g/mol. The third-order valence-corrected chi connectivity index (χ3v) is 4.08. The first kappa shape index (κ1) is 13.7. The molecule has 0 radical (unpaired) electrons. The SMILES string of the molecule is Cn1ccc(CCNS(=O)(=O)c2[nH]ncc2CN)n1. The molecule has 0 spiro atoms. The second-order valence-corrected chi connectivity index (χ2v) is 5.76. The third kappa shape index (κ3) is 3.19. The van der Waals surface area contributed by atoms with Crippen molar-refractivity contribution < 1.29 is 8.42 Å². The van der Waals surface area contributed by atoms with Gasteiger partial charge in [-0.05, 0) is 6.07 Å². The van der Waals surface area contributed by atoms with Gasteiger partial charge in [0.2, 0.25) is 0 Å². The fourth-order valence-corrected chi connectivity index (χ4v) is 2.83. The van der Waals surface area contributed by atoms with E-state index < -0.39 is 10.0 Å². The first-order valence-corrected chi connectivity index (χ1v) is 7.22. The van der Waals surface area contributed by atoms with Crippen LogP contribution < -0.4 is 10.5 Å². The van der Waals surface area contributed by atoms with Crippen molar-refractivity contribution in [2.24, 2.45) is 12.8 Å². The fourth-order valence-electron chi connectivity index (χ4n) is 1.66. The molecule has 2 aromatic rings. The van der Waals surface area contributed by atoms with Gasteiger partial charge in [0, 0.05) is 38.3 Å². The molecule has 0 amide bonds. The van der Waals surface area contributed by atoms with Crippen molar-refractivity contribution in [3.8, 4) is 0 Å². The summed E-state index contributed by atoms with van der Waals surface area (Å²) in [5.41, 5.74) is 6.74. The van der Waals surface area contributed by atoms with Gasteiger partial charge in [-0.25, -0.2) is 13.1 Å². The molecule has 9 heteroatoms. The molecular weight excluding hydrogens is 268 g/mol. The molecule has 0 aliphatic heterocycles. The van der Waals surface area contributed by atoms with Gasteiger partial charge in [-0.3, -0.25) is 9.78 Å². The maximum Gasteiger partial charge on any atom is 0.257 e. The lowest BCUT2D eigenvalue weighted by atomic mass is 10.3. The van der Waals surface area contributed by atoms with Gasteiger partial charge in [0.25, 0.3) is 10.0 Å². The predicted octanol–water partition coefficient (Wildman–Crippen LogP) is -0.877. The number of hydrogen-bond acceptors (Lipinski definition) is 5. The maximum atomic E-state index is 12.0. The molecule has 0 aliphatic rings. The Morgan fingerprint density at radius 1 is 1.53 bits per heavy atom. The summed E-state index contributed by atoms with van der Waals surface area (Å²) in [5, 5.41) is 10.3. The minimum Gasteiger partial charge on any atom is -0.326 e. The average Bonchev–Trinajstić information content (AvgIpc) is 2.97. The quantitative estimate of drug-likeness (QED) is 0.636. The summed E-state index contributed by atoms with van der Waals surface area (Å²) in [5.74, 6) is 0. The van der Waals surface area contributed by atoms with E-state index in [4.69, 9.17) is 5.73 Å². The van der Waals surface area contributed by atoms with E-state index in [1.165, 1.54) is 6.20 Å². The number of H-pyrrole nitrogens is 1. The van der Waals surface area contributed by atoms with Crippen LogP contribution in [0.3, 0.4) is 0 Å². The van der Waals surface area contributed by atoms with Gasteiger partial charge >= 0.3 is 0 Å². The summed E-state index contributed by atoms with van der Waals surface area (Å²) >= 11 is 0. The molecule has 0 atom stereocenters. The van der Waals surface area contributed by atoms with E-state index in [0.717, 1.165) is 5.69 Å². The number of nitrogens with zero attached hydrogens (tertiary/aromatic N) is 3. The summed E-state index contributed by atoms with van der Waals surface area (Å²) in [7, 11) is -1.79. The molecule has 4 N–H and O–H groups in total. The van der Waals surface area contributed by atoms with Gasteiger partial charge in [0.15, 0.2) is 5.03 Å². The zero-order valence-electron chi connectivity index (χ0n) is 10.5. The minimum absolute atomic E-state index is 0.0241. The second kappa shape index (κ2) is 5.51. The molecule has 2 aromatic heterocycles. The van der Waals surface area contributed by atoms with Gasteiger partial charge in [-0.2, -0.15) is 10.2 Å². The Bertz CT molecular complexity index is 645. The standard InChI is InChI=1S/C10H16N6O2S/c1-16-5-3-9(15-16)2-4-13-19(17,18)10-8(6-11)7-12-14-10/h3,5,7,13H,2,4,6,11H2,1H3,(H,12,14). The zero-order valence-corrected chi connectivity index (χ0v) is 11.3. The highest BCUT2D eigenvalue weighted by molar-refractivity contribution is 7.89. The Morgan fingerprint density at radius 2 is 2.32 bits per heavy atom. The maximum absolute atomic E-state index is 12.0. The van der Waals surface area contributed by atoms with Crippen LogP contribution in [-0.4, -0.2) is 34.9 Å². The fraction of sp³-hybridized carbons (Fsp3) is 0.400. The van der Waals surface area contributed by atoms with Crippen molar-refractivity contribution >= 4 is 10.0 Å². The number of rotatable bonds is 6. The molecular formula is C10H16N6O2S. The number of nitrogens with one attached hydrogen (secondary N) is 2. The zero-order chi connectivity index (χ0) is 13.9. The summed E-state index contributed by atoms with van der Waals surface area (Å²) < 4.78 is 28.2. The van der Waals surface area contributed by atoms with E-state index in [9.17, 15) is 8.42 Å². The highest BCUT2D eigenvalue weighted by atomic mass is 32.2. The number of aromatic nitrogens is 4. The van der Waals surface area contributed by atoms with Crippen LogP contribution in [0.25, 0.3) is 0 Å². The van der Waals surface area contributed by atoms with E-state index in [-0.39, 0.29) is 18.1 Å². The lowest BCUT2D eigenvalue weighted by Crippen LogP contribution is -2.27. The molecule has 0 saturated carbocycles. The van der Waals surface area contributed by atoms with Crippen molar-refractivity contribution in [3.63, 3.8) is 0 Å². The van der Waals surface area contributed by atoms with E-state index in [0.29, 0.717) is 12.0 Å². The topological polar surface area (TPSA) is 119 Å². The molecule has 0 saturated heterocycles. The molecule has 19 heavy (non-hydrogen) atoms.